The summed E-state index contributed by atoms with van der Waals surface area (Å²) in [5.74, 6) is 0.153. The predicted octanol–water partition coefficient (Wildman–Crippen LogP) is 5.90. The van der Waals surface area contributed by atoms with Crippen molar-refractivity contribution in [1.29, 1.82) is 0 Å². The smallest absolute Gasteiger partial charge is 0.344 e. The zero-order valence-corrected chi connectivity index (χ0v) is 15.3. The summed E-state index contributed by atoms with van der Waals surface area (Å²) in [5.41, 5.74) is 1.44. The first-order valence-corrected chi connectivity index (χ1v) is 9.12. The van der Waals surface area contributed by atoms with E-state index in [0.717, 1.165) is 17.2 Å². The molecule has 2 aromatic carbocycles. The lowest BCUT2D eigenvalue weighted by atomic mass is 9.79. The molecule has 25 heavy (non-hydrogen) atoms. The number of hydrogen-bond acceptors (Lipinski definition) is 3. The molecule has 1 aromatic heterocycles. The summed E-state index contributed by atoms with van der Waals surface area (Å²) in [6, 6.07) is 10.9. The molecular weight excluding hydrogens is 312 g/mol. The maximum Gasteiger partial charge on any atom is 0.344 e. The Bertz CT molecular complexity index is 951. The molecule has 0 saturated carbocycles. The van der Waals surface area contributed by atoms with E-state index >= 15 is 0 Å². The third-order valence-corrected chi connectivity index (χ3v) is 5.13. The lowest BCUT2D eigenvalue weighted by Crippen LogP contribution is -2.17. The van der Waals surface area contributed by atoms with Crippen molar-refractivity contribution in [2.24, 2.45) is 0 Å². The highest BCUT2D eigenvalue weighted by Crippen LogP contribution is 2.33. The van der Waals surface area contributed by atoms with E-state index in [0.29, 0.717) is 11.0 Å². The third kappa shape index (κ3) is 3.55. The monoisotopic (exact) mass is 338 g/mol. The highest BCUT2D eigenvalue weighted by molar-refractivity contribution is 6.04. The van der Waals surface area contributed by atoms with Crippen LogP contribution in [0.25, 0.3) is 21.7 Å². The summed E-state index contributed by atoms with van der Waals surface area (Å²) in [4.78, 5) is 12.3. The van der Waals surface area contributed by atoms with Crippen LogP contribution in [0.3, 0.4) is 0 Å². The molecule has 1 heterocycles. The minimum Gasteiger partial charge on any atom is -0.508 e. The van der Waals surface area contributed by atoms with Crippen LogP contribution in [-0.2, 0) is 5.41 Å². The van der Waals surface area contributed by atoms with Crippen molar-refractivity contribution in [3.05, 3.63) is 52.4 Å². The Labute approximate surface area is 148 Å². The van der Waals surface area contributed by atoms with E-state index in [4.69, 9.17) is 4.42 Å². The number of rotatable bonds is 6. The van der Waals surface area contributed by atoms with Gasteiger partial charge in [0.15, 0.2) is 0 Å². The fourth-order valence-corrected chi connectivity index (χ4v) is 3.48. The van der Waals surface area contributed by atoms with Gasteiger partial charge in [0.25, 0.3) is 0 Å². The van der Waals surface area contributed by atoms with Crippen molar-refractivity contribution in [3.63, 3.8) is 0 Å². The highest BCUT2D eigenvalue weighted by atomic mass is 16.4. The normalized spacial score (nSPS) is 12.1. The lowest BCUT2D eigenvalue weighted by molar-refractivity contribution is 0.445. The van der Waals surface area contributed by atoms with E-state index in [9.17, 15) is 9.90 Å². The minimum atomic E-state index is -0.361. The standard InChI is InChI=1S/C22H26O3/c1-4-5-6-7-12-22(2,3)15-8-10-17-19-14-16(23)9-11-18(19)21(24)25-20(17)13-15/h8-11,13-14,23H,4-7,12H2,1-3H3. The Kier molecular flexibility index (Phi) is 4.85. The van der Waals surface area contributed by atoms with Gasteiger partial charge in [0, 0.05) is 10.8 Å². The van der Waals surface area contributed by atoms with Gasteiger partial charge in [0.1, 0.15) is 11.3 Å². The molecule has 3 heteroatoms. The average molecular weight is 338 g/mol. The summed E-state index contributed by atoms with van der Waals surface area (Å²) < 4.78 is 5.56. The third-order valence-electron chi connectivity index (χ3n) is 5.13. The summed E-state index contributed by atoms with van der Waals surface area (Å²) in [6.45, 7) is 6.70. The maximum absolute atomic E-state index is 12.3. The van der Waals surface area contributed by atoms with Gasteiger partial charge in [0.2, 0.25) is 0 Å². The van der Waals surface area contributed by atoms with Crippen molar-refractivity contribution >= 4 is 21.7 Å². The fraction of sp³-hybridized carbons (Fsp3) is 0.409. The van der Waals surface area contributed by atoms with Crippen molar-refractivity contribution in [3.8, 4) is 5.75 Å². The van der Waals surface area contributed by atoms with Crippen LogP contribution in [0.1, 0.15) is 58.4 Å². The van der Waals surface area contributed by atoms with Gasteiger partial charge in [-0.15, -0.1) is 0 Å². The first kappa shape index (κ1) is 17.5. The molecule has 1 N–H and O–H groups in total. The van der Waals surface area contributed by atoms with E-state index in [1.54, 1.807) is 12.1 Å². The molecule has 3 rings (SSSR count). The van der Waals surface area contributed by atoms with E-state index in [-0.39, 0.29) is 16.8 Å². The summed E-state index contributed by atoms with van der Waals surface area (Å²) in [6.07, 6.45) is 6.08. The molecule has 3 nitrogen and oxygen atoms in total. The molecule has 0 unspecified atom stereocenters. The van der Waals surface area contributed by atoms with Gasteiger partial charge in [-0.25, -0.2) is 4.79 Å². The Balaban J connectivity index is 2.02. The second-order valence-electron chi connectivity index (χ2n) is 7.52. The molecule has 0 radical (unpaired) electrons. The number of hydrogen-bond donors (Lipinski definition) is 1. The number of aromatic hydroxyl groups is 1. The molecular formula is C22H26O3. The van der Waals surface area contributed by atoms with Crippen LogP contribution in [0, 0.1) is 0 Å². The molecule has 0 atom stereocenters. The fourth-order valence-electron chi connectivity index (χ4n) is 3.48. The van der Waals surface area contributed by atoms with Crippen molar-refractivity contribution < 1.29 is 9.52 Å². The minimum absolute atomic E-state index is 0.0360. The van der Waals surface area contributed by atoms with Crippen molar-refractivity contribution in [1.82, 2.24) is 0 Å². The first-order chi connectivity index (χ1) is 11.9. The number of phenols is 1. The molecule has 0 spiro atoms. The number of phenolic OH excluding ortho intramolecular Hbond substituents is 1. The zero-order chi connectivity index (χ0) is 18.0. The van der Waals surface area contributed by atoms with E-state index in [1.165, 1.54) is 37.3 Å². The molecule has 132 valence electrons. The molecule has 0 fully saturated rings. The predicted molar refractivity (Wildman–Crippen MR) is 103 cm³/mol. The van der Waals surface area contributed by atoms with E-state index in [1.807, 2.05) is 12.1 Å². The Morgan fingerprint density at radius 3 is 2.48 bits per heavy atom. The van der Waals surface area contributed by atoms with Crippen LogP contribution >= 0.6 is 0 Å². The first-order valence-electron chi connectivity index (χ1n) is 9.12. The average Bonchev–Trinajstić information content (AvgIpc) is 2.58. The highest BCUT2D eigenvalue weighted by Gasteiger charge is 2.21. The molecule has 0 saturated heterocycles. The molecule has 0 aliphatic carbocycles. The summed E-state index contributed by atoms with van der Waals surface area (Å²) in [7, 11) is 0. The molecule has 0 aliphatic heterocycles. The van der Waals surface area contributed by atoms with Crippen LogP contribution in [-0.4, -0.2) is 5.11 Å². The number of unbranched alkanes of at least 4 members (excludes halogenated alkanes) is 3. The number of benzene rings is 2. The Morgan fingerprint density at radius 1 is 0.960 bits per heavy atom. The maximum atomic E-state index is 12.3. The Hall–Kier alpha value is -2.29. The molecule has 0 aliphatic rings. The van der Waals surface area contributed by atoms with E-state index in [2.05, 4.69) is 26.8 Å². The van der Waals surface area contributed by atoms with Gasteiger partial charge in [0.05, 0.1) is 5.39 Å². The van der Waals surface area contributed by atoms with Crippen LogP contribution in [0.4, 0.5) is 0 Å². The molecule has 3 aromatic rings. The summed E-state index contributed by atoms with van der Waals surface area (Å²) in [5, 5.41) is 11.9. The zero-order valence-electron chi connectivity index (χ0n) is 15.3. The van der Waals surface area contributed by atoms with Crippen LogP contribution in [0.15, 0.2) is 45.6 Å². The quantitative estimate of drug-likeness (QED) is 0.346. The van der Waals surface area contributed by atoms with Gasteiger partial charge >= 0.3 is 5.63 Å². The number of fused-ring (bicyclic) bond motifs is 3. The van der Waals surface area contributed by atoms with Gasteiger partial charge < -0.3 is 9.52 Å². The molecule has 0 bridgehead atoms. The SMILES string of the molecule is CCCCCCC(C)(C)c1ccc2c(c1)oc(=O)c1ccc(O)cc12. The van der Waals surface area contributed by atoms with Crippen LogP contribution in [0.2, 0.25) is 0 Å². The van der Waals surface area contributed by atoms with Gasteiger partial charge in [-0.3, -0.25) is 0 Å². The van der Waals surface area contributed by atoms with Crippen molar-refractivity contribution in [2.75, 3.05) is 0 Å². The van der Waals surface area contributed by atoms with Crippen LogP contribution in [0.5, 0.6) is 5.75 Å². The largest absolute Gasteiger partial charge is 0.508 e. The molecule has 0 amide bonds. The topological polar surface area (TPSA) is 50.4 Å². The summed E-state index contributed by atoms with van der Waals surface area (Å²) >= 11 is 0. The van der Waals surface area contributed by atoms with Crippen molar-refractivity contribution in [2.45, 2.75) is 58.3 Å². The Morgan fingerprint density at radius 2 is 1.72 bits per heavy atom. The van der Waals surface area contributed by atoms with Gasteiger partial charge in [-0.1, -0.05) is 58.6 Å². The van der Waals surface area contributed by atoms with Crippen LogP contribution < -0.4 is 5.63 Å². The van der Waals surface area contributed by atoms with Gasteiger partial charge in [-0.2, -0.15) is 0 Å². The lowest BCUT2D eigenvalue weighted by Gasteiger charge is -2.25. The van der Waals surface area contributed by atoms with E-state index < -0.39 is 0 Å². The van der Waals surface area contributed by atoms with Gasteiger partial charge in [-0.05, 0) is 41.7 Å². The second-order valence-corrected chi connectivity index (χ2v) is 7.52. The second kappa shape index (κ2) is 6.91.